The highest BCUT2D eigenvalue weighted by Crippen LogP contribution is 2.27. The number of nitrogens with one attached hydrogen (secondary N) is 3. The van der Waals surface area contributed by atoms with Gasteiger partial charge in [0.15, 0.2) is 13.1 Å². The zero-order valence-corrected chi connectivity index (χ0v) is 17.1. The molecule has 3 aromatic rings. The van der Waals surface area contributed by atoms with Gasteiger partial charge in [-0.25, -0.2) is 0 Å². The molecule has 3 rings (SSSR count). The van der Waals surface area contributed by atoms with Crippen molar-refractivity contribution in [1.82, 2.24) is 0 Å². The van der Waals surface area contributed by atoms with Crippen molar-refractivity contribution in [2.24, 2.45) is 0 Å². The van der Waals surface area contributed by atoms with Gasteiger partial charge in [-0.3, -0.25) is 9.59 Å². The smallest absolute Gasteiger partial charge is 0.279 e. The maximum atomic E-state index is 12.5. The normalized spacial score (nSPS) is 11.4. The highest BCUT2D eigenvalue weighted by atomic mass is 16.5. The van der Waals surface area contributed by atoms with Crippen molar-refractivity contribution < 1.29 is 19.2 Å². The van der Waals surface area contributed by atoms with Crippen LogP contribution >= 0.6 is 0 Å². The number of carbonyl (C=O) groups excluding carboxylic acids is 2. The van der Waals surface area contributed by atoms with Gasteiger partial charge in [0.2, 0.25) is 0 Å². The molecule has 0 aliphatic heterocycles. The number of benzene rings is 3. The third-order valence-corrected chi connectivity index (χ3v) is 4.56. The van der Waals surface area contributed by atoms with Gasteiger partial charge in [0.25, 0.3) is 11.8 Å². The van der Waals surface area contributed by atoms with Gasteiger partial charge in [0, 0.05) is 23.0 Å². The summed E-state index contributed by atoms with van der Waals surface area (Å²) in [5.41, 5.74) is 3.40. The molecule has 0 heterocycles. The number of likely N-dealkylation sites (N-methyl/N-ethyl adjacent to an activating group) is 1. The number of para-hydroxylation sites is 1. The average Bonchev–Trinajstić information content (AvgIpc) is 2.74. The van der Waals surface area contributed by atoms with E-state index in [4.69, 9.17) is 4.74 Å². The van der Waals surface area contributed by atoms with Gasteiger partial charge in [-0.05, 0) is 23.8 Å². The van der Waals surface area contributed by atoms with E-state index >= 15 is 0 Å². The first-order chi connectivity index (χ1) is 14.5. The Labute approximate surface area is 176 Å². The first-order valence-corrected chi connectivity index (χ1v) is 9.74. The van der Waals surface area contributed by atoms with Crippen LogP contribution in [0.4, 0.5) is 11.4 Å². The Morgan fingerprint density at radius 2 is 1.50 bits per heavy atom. The largest absolute Gasteiger partial charge is 0.497 e. The molecule has 3 aromatic carbocycles. The Morgan fingerprint density at radius 3 is 2.23 bits per heavy atom. The number of quaternary nitrogens is 1. The Kier molecular flexibility index (Phi) is 7.19. The summed E-state index contributed by atoms with van der Waals surface area (Å²) in [7, 11) is 3.39. The molecule has 0 aliphatic rings. The minimum atomic E-state index is -0.168. The molecular formula is C24H26N3O3+. The first-order valence-electron chi connectivity index (χ1n) is 9.74. The van der Waals surface area contributed by atoms with Gasteiger partial charge in [-0.2, -0.15) is 0 Å². The molecule has 0 radical (unpaired) electrons. The third kappa shape index (κ3) is 5.93. The maximum Gasteiger partial charge on any atom is 0.279 e. The van der Waals surface area contributed by atoms with Crippen molar-refractivity contribution in [1.29, 1.82) is 0 Å². The fourth-order valence-electron chi connectivity index (χ4n) is 3.17. The second kappa shape index (κ2) is 10.2. The van der Waals surface area contributed by atoms with Crippen LogP contribution in [-0.4, -0.2) is 39.1 Å². The summed E-state index contributed by atoms with van der Waals surface area (Å²) in [5.74, 6) is 0.355. The number of ether oxygens (including phenoxy) is 1. The lowest BCUT2D eigenvalue weighted by atomic mass is 10.0. The van der Waals surface area contributed by atoms with E-state index in [1.165, 1.54) is 0 Å². The zero-order valence-electron chi connectivity index (χ0n) is 17.1. The van der Waals surface area contributed by atoms with Crippen LogP contribution in [0.1, 0.15) is 0 Å². The molecule has 6 nitrogen and oxygen atoms in total. The minimum Gasteiger partial charge on any atom is -0.497 e. The molecule has 0 aliphatic carbocycles. The number of amides is 2. The summed E-state index contributed by atoms with van der Waals surface area (Å²) in [6.07, 6.45) is 0. The van der Waals surface area contributed by atoms with Crippen LogP contribution in [0.3, 0.4) is 0 Å². The molecule has 0 saturated heterocycles. The lowest BCUT2D eigenvalue weighted by Gasteiger charge is -2.15. The Balaban J connectivity index is 1.56. The molecule has 2 amide bonds. The predicted octanol–water partition coefficient (Wildman–Crippen LogP) is 2.45. The van der Waals surface area contributed by atoms with Crippen molar-refractivity contribution in [3.05, 3.63) is 78.9 Å². The van der Waals surface area contributed by atoms with Crippen LogP contribution < -0.4 is 20.3 Å². The van der Waals surface area contributed by atoms with Gasteiger partial charge < -0.3 is 20.3 Å². The van der Waals surface area contributed by atoms with E-state index in [1.54, 1.807) is 19.2 Å². The van der Waals surface area contributed by atoms with E-state index in [0.29, 0.717) is 11.4 Å². The van der Waals surface area contributed by atoms with E-state index in [-0.39, 0.29) is 24.9 Å². The zero-order chi connectivity index (χ0) is 21.3. The Bertz CT molecular complexity index is 1010. The molecule has 0 fully saturated rings. The molecule has 30 heavy (non-hydrogen) atoms. The fraction of sp³-hybridized carbons (Fsp3) is 0.167. The lowest BCUT2D eigenvalue weighted by molar-refractivity contribution is -0.862. The van der Waals surface area contributed by atoms with Crippen LogP contribution in [0.2, 0.25) is 0 Å². The average molecular weight is 404 g/mol. The van der Waals surface area contributed by atoms with Crippen LogP contribution in [-0.2, 0) is 9.59 Å². The number of anilines is 2. The number of hydrogen-bond acceptors (Lipinski definition) is 3. The van der Waals surface area contributed by atoms with Crippen LogP contribution in [0.15, 0.2) is 78.9 Å². The lowest BCUT2D eigenvalue weighted by Crippen LogP contribution is -3.11. The van der Waals surface area contributed by atoms with Crippen molar-refractivity contribution in [2.45, 2.75) is 0 Å². The van der Waals surface area contributed by atoms with E-state index in [9.17, 15) is 9.59 Å². The summed E-state index contributed by atoms with van der Waals surface area (Å²) in [6, 6.07) is 24.7. The van der Waals surface area contributed by atoms with Gasteiger partial charge in [-0.15, -0.1) is 0 Å². The SMILES string of the molecule is COc1cccc(NC(=O)C[NH+](C)CC(=O)Nc2ccccc2-c2ccccc2)c1. The number of carbonyl (C=O) groups is 2. The number of rotatable bonds is 8. The summed E-state index contributed by atoms with van der Waals surface area (Å²) in [5, 5.41) is 5.80. The van der Waals surface area contributed by atoms with Crippen molar-refractivity contribution in [3.8, 4) is 16.9 Å². The standard InChI is InChI=1S/C24H25N3O3/c1-27(16-23(28)25-19-11-8-12-20(15-19)30-2)17-24(29)26-22-14-7-6-13-21(22)18-9-4-3-5-10-18/h3-15H,16-17H2,1-2H3,(H,25,28)(H,26,29)/p+1. The van der Waals surface area contributed by atoms with Gasteiger partial charge in [0.05, 0.1) is 14.2 Å². The molecule has 1 unspecified atom stereocenters. The topological polar surface area (TPSA) is 71.9 Å². The van der Waals surface area contributed by atoms with Gasteiger partial charge in [-0.1, -0.05) is 54.6 Å². The van der Waals surface area contributed by atoms with E-state index in [2.05, 4.69) is 10.6 Å². The Morgan fingerprint density at radius 1 is 0.833 bits per heavy atom. The Hall–Kier alpha value is -3.64. The monoisotopic (exact) mass is 404 g/mol. The summed E-state index contributed by atoms with van der Waals surface area (Å²) >= 11 is 0. The molecule has 0 spiro atoms. The molecule has 0 saturated carbocycles. The van der Waals surface area contributed by atoms with Crippen LogP contribution in [0.5, 0.6) is 5.75 Å². The van der Waals surface area contributed by atoms with Crippen molar-refractivity contribution in [3.63, 3.8) is 0 Å². The summed E-state index contributed by atoms with van der Waals surface area (Å²) in [6.45, 7) is 0.347. The highest BCUT2D eigenvalue weighted by molar-refractivity contribution is 5.96. The maximum absolute atomic E-state index is 12.5. The summed E-state index contributed by atoms with van der Waals surface area (Å²) < 4.78 is 5.16. The predicted molar refractivity (Wildman–Crippen MR) is 119 cm³/mol. The fourth-order valence-corrected chi connectivity index (χ4v) is 3.17. The quantitative estimate of drug-likeness (QED) is 0.540. The van der Waals surface area contributed by atoms with Gasteiger partial charge in [0.1, 0.15) is 5.75 Å². The second-order valence-electron chi connectivity index (χ2n) is 7.05. The molecule has 1 atom stereocenters. The molecular weight excluding hydrogens is 378 g/mol. The van der Waals surface area contributed by atoms with Crippen LogP contribution in [0.25, 0.3) is 11.1 Å². The summed E-state index contributed by atoms with van der Waals surface area (Å²) in [4.78, 5) is 25.6. The molecule has 0 aromatic heterocycles. The van der Waals surface area contributed by atoms with E-state index in [0.717, 1.165) is 21.7 Å². The minimum absolute atomic E-state index is 0.148. The van der Waals surface area contributed by atoms with Crippen LogP contribution in [0, 0.1) is 0 Å². The number of hydrogen-bond donors (Lipinski definition) is 3. The third-order valence-electron chi connectivity index (χ3n) is 4.56. The molecule has 6 heteroatoms. The molecule has 3 N–H and O–H groups in total. The van der Waals surface area contributed by atoms with Crippen molar-refractivity contribution >= 4 is 23.2 Å². The first kappa shape index (κ1) is 21.1. The number of methoxy groups -OCH3 is 1. The molecule has 154 valence electrons. The van der Waals surface area contributed by atoms with Crippen molar-refractivity contribution in [2.75, 3.05) is 37.9 Å². The van der Waals surface area contributed by atoms with E-state index < -0.39 is 0 Å². The highest BCUT2D eigenvalue weighted by Gasteiger charge is 2.16. The van der Waals surface area contributed by atoms with E-state index in [1.807, 2.05) is 73.8 Å². The van der Waals surface area contributed by atoms with Gasteiger partial charge >= 0.3 is 0 Å². The molecule has 0 bridgehead atoms. The second-order valence-corrected chi connectivity index (χ2v) is 7.05.